The van der Waals surface area contributed by atoms with Crippen LogP contribution in [0.25, 0.3) is 78.6 Å². The highest BCUT2D eigenvalue weighted by atomic mass is 32.1. The lowest BCUT2D eigenvalue weighted by atomic mass is 10.0. The van der Waals surface area contributed by atoms with E-state index in [0.29, 0.717) is 0 Å². The number of hydrogen-bond acceptors (Lipinski definition) is 3. The molecule has 0 fully saturated rings. The normalized spacial score (nSPS) is 12.0. The third-order valence-electron chi connectivity index (χ3n) is 10.2. The van der Waals surface area contributed by atoms with Gasteiger partial charge in [0.05, 0.1) is 27.1 Å². The van der Waals surface area contributed by atoms with Crippen LogP contribution in [-0.2, 0) is 0 Å². The Bertz CT molecular complexity index is 3110. The number of rotatable bonds is 4. The molecule has 0 radical (unpaired) electrons. The van der Waals surface area contributed by atoms with Crippen LogP contribution in [0.1, 0.15) is 0 Å². The van der Waals surface area contributed by atoms with E-state index in [-0.39, 0.29) is 0 Å². The highest BCUT2D eigenvalue weighted by Crippen LogP contribution is 2.49. The fourth-order valence-corrected chi connectivity index (χ4v) is 10.4. The average molecular weight is 673 g/mol. The van der Waals surface area contributed by atoms with Gasteiger partial charge in [-0.2, -0.15) is 0 Å². The Balaban J connectivity index is 1.25. The van der Waals surface area contributed by atoms with Crippen LogP contribution in [0.4, 0.5) is 17.1 Å². The van der Waals surface area contributed by atoms with Crippen LogP contribution in [-0.4, -0.2) is 4.57 Å². The van der Waals surface area contributed by atoms with Gasteiger partial charge in [0.2, 0.25) is 0 Å². The Hall–Kier alpha value is -5.94. The SMILES string of the molecule is c1ccc(-n2c3ccccc3c3cccc(N(c4ccc5c(ccc6c7ccccc7sc56)c4)c4cccc5c4sc4ccccc45)c32)cc1. The Morgan fingerprint density at radius 3 is 1.80 bits per heavy atom. The Kier molecular flexibility index (Phi) is 6.03. The number of para-hydroxylation sites is 3. The summed E-state index contributed by atoms with van der Waals surface area (Å²) >= 11 is 3.77. The van der Waals surface area contributed by atoms with E-state index in [1.165, 1.54) is 78.6 Å². The Labute approximate surface area is 296 Å². The molecule has 3 aromatic heterocycles. The van der Waals surface area contributed by atoms with Gasteiger partial charge in [-0.1, -0.05) is 115 Å². The fourth-order valence-electron chi connectivity index (χ4n) is 7.98. The minimum Gasteiger partial charge on any atom is -0.307 e. The molecule has 0 aliphatic rings. The largest absolute Gasteiger partial charge is 0.307 e. The van der Waals surface area contributed by atoms with E-state index in [1.54, 1.807) is 0 Å². The van der Waals surface area contributed by atoms with Gasteiger partial charge in [-0.3, -0.25) is 0 Å². The van der Waals surface area contributed by atoms with Crippen LogP contribution in [0.2, 0.25) is 0 Å². The first-order chi connectivity index (χ1) is 24.8. The monoisotopic (exact) mass is 672 g/mol. The van der Waals surface area contributed by atoms with Gasteiger partial charge in [-0.05, 0) is 65.4 Å². The van der Waals surface area contributed by atoms with E-state index in [2.05, 4.69) is 179 Å². The number of anilines is 3. The summed E-state index contributed by atoms with van der Waals surface area (Å²) in [6.07, 6.45) is 0. The molecule has 8 aromatic carbocycles. The second-order valence-corrected chi connectivity index (χ2v) is 15.0. The Morgan fingerprint density at radius 2 is 1.00 bits per heavy atom. The van der Waals surface area contributed by atoms with Gasteiger partial charge in [-0.25, -0.2) is 0 Å². The molecule has 0 atom stereocenters. The summed E-state index contributed by atoms with van der Waals surface area (Å²) in [6.45, 7) is 0. The van der Waals surface area contributed by atoms with Crippen LogP contribution in [0, 0.1) is 0 Å². The molecule has 2 nitrogen and oxygen atoms in total. The average Bonchev–Trinajstić information content (AvgIpc) is 3.86. The van der Waals surface area contributed by atoms with Crippen LogP contribution < -0.4 is 4.90 Å². The molecule has 0 amide bonds. The lowest BCUT2D eigenvalue weighted by Gasteiger charge is -2.28. The van der Waals surface area contributed by atoms with Gasteiger partial charge < -0.3 is 9.47 Å². The van der Waals surface area contributed by atoms with E-state index in [0.717, 1.165) is 17.1 Å². The van der Waals surface area contributed by atoms with Gasteiger partial charge >= 0.3 is 0 Å². The molecule has 0 aliphatic carbocycles. The van der Waals surface area contributed by atoms with Gasteiger partial charge in [0.25, 0.3) is 0 Å². The quantitative estimate of drug-likeness (QED) is 0.181. The van der Waals surface area contributed by atoms with Crippen molar-refractivity contribution in [2.24, 2.45) is 0 Å². The minimum absolute atomic E-state index is 1.14. The Morgan fingerprint density at radius 1 is 0.400 bits per heavy atom. The molecule has 0 saturated heterocycles. The number of hydrogen-bond donors (Lipinski definition) is 0. The maximum Gasteiger partial charge on any atom is 0.0782 e. The summed E-state index contributed by atoms with van der Waals surface area (Å²) < 4.78 is 7.71. The molecule has 3 heterocycles. The molecule has 0 spiro atoms. The third-order valence-corrected chi connectivity index (χ3v) is 12.6. The molecule has 4 heteroatoms. The summed E-state index contributed by atoms with van der Waals surface area (Å²) in [6, 6.07) is 62.4. The predicted octanol–water partition coefficient (Wildman–Crippen LogP) is 14.1. The lowest BCUT2D eigenvalue weighted by Crippen LogP contribution is -2.12. The van der Waals surface area contributed by atoms with Gasteiger partial charge in [0, 0.05) is 57.8 Å². The molecule has 11 aromatic rings. The van der Waals surface area contributed by atoms with E-state index in [4.69, 9.17) is 0 Å². The topological polar surface area (TPSA) is 8.17 Å². The van der Waals surface area contributed by atoms with E-state index in [1.807, 2.05) is 22.7 Å². The molecule has 50 heavy (non-hydrogen) atoms. The first-order valence-electron chi connectivity index (χ1n) is 16.9. The molecule has 0 aliphatic heterocycles. The molecule has 0 unspecified atom stereocenters. The van der Waals surface area contributed by atoms with E-state index < -0.39 is 0 Å². The van der Waals surface area contributed by atoms with E-state index >= 15 is 0 Å². The summed E-state index contributed by atoms with van der Waals surface area (Å²) in [5, 5.41) is 10.3. The summed E-state index contributed by atoms with van der Waals surface area (Å²) in [5.41, 5.74) is 7.01. The zero-order chi connectivity index (χ0) is 32.8. The number of fused-ring (bicyclic) bond motifs is 11. The summed E-state index contributed by atoms with van der Waals surface area (Å²) in [5.74, 6) is 0. The van der Waals surface area contributed by atoms with Crippen LogP contribution >= 0.6 is 22.7 Å². The highest BCUT2D eigenvalue weighted by molar-refractivity contribution is 7.27. The second kappa shape index (κ2) is 10.8. The molecule has 234 valence electrons. The van der Waals surface area contributed by atoms with Crippen molar-refractivity contribution >= 4 is 113 Å². The molecule has 0 saturated carbocycles. The summed E-state index contributed by atoms with van der Waals surface area (Å²) in [4.78, 5) is 2.51. The van der Waals surface area contributed by atoms with Crippen molar-refractivity contribution in [3.8, 4) is 5.69 Å². The van der Waals surface area contributed by atoms with Gasteiger partial charge in [0.1, 0.15) is 0 Å². The molecular weight excluding hydrogens is 645 g/mol. The lowest BCUT2D eigenvalue weighted by molar-refractivity contribution is 1.17. The van der Waals surface area contributed by atoms with Crippen LogP contribution in [0.5, 0.6) is 0 Å². The molecule has 0 N–H and O–H groups in total. The van der Waals surface area contributed by atoms with Gasteiger partial charge in [-0.15, -0.1) is 22.7 Å². The first kappa shape index (κ1) is 28.0. The number of benzene rings is 8. The molecule has 0 bridgehead atoms. The van der Waals surface area contributed by atoms with Gasteiger partial charge in [0.15, 0.2) is 0 Å². The van der Waals surface area contributed by atoms with Crippen molar-refractivity contribution < 1.29 is 0 Å². The van der Waals surface area contributed by atoms with Crippen LogP contribution in [0.15, 0.2) is 170 Å². The van der Waals surface area contributed by atoms with E-state index in [9.17, 15) is 0 Å². The number of aromatic nitrogens is 1. The van der Waals surface area contributed by atoms with Crippen LogP contribution in [0.3, 0.4) is 0 Å². The van der Waals surface area contributed by atoms with Crippen molar-refractivity contribution in [1.82, 2.24) is 4.57 Å². The predicted molar refractivity (Wildman–Crippen MR) is 219 cm³/mol. The summed E-state index contributed by atoms with van der Waals surface area (Å²) in [7, 11) is 0. The number of thiophene rings is 2. The van der Waals surface area contributed by atoms with Crippen molar-refractivity contribution in [2.75, 3.05) is 4.90 Å². The third kappa shape index (κ3) is 4.01. The zero-order valence-electron chi connectivity index (χ0n) is 26.9. The van der Waals surface area contributed by atoms with Crippen molar-refractivity contribution in [2.45, 2.75) is 0 Å². The standard InChI is InChI=1S/C46H28N2S2/c1-2-12-30(13-3-1)48-39-19-7-4-14-33(39)36-17-10-20-40(44(36)48)47(41-21-11-18-37-34-15-5-9-23-43(34)50-46(37)41)31-25-27-32-29(28-31)24-26-38-35-16-6-8-22-42(35)49-45(32)38/h1-28H. The maximum atomic E-state index is 2.51. The van der Waals surface area contributed by atoms with Crippen molar-refractivity contribution in [3.63, 3.8) is 0 Å². The molecule has 11 rings (SSSR count). The maximum absolute atomic E-state index is 2.51. The first-order valence-corrected chi connectivity index (χ1v) is 18.6. The number of nitrogens with zero attached hydrogens (tertiary/aromatic N) is 2. The zero-order valence-corrected chi connectivity index (χ0v) is 28.5. The smallest absolute Gasteiger partial charge is 0.0782 e. The molecular formula is C46H28N2S2. The minimum atomic E-state index is 1.14. The highest BCUT2D eigenvalue weighted by Gasteiger charge is 2.24. The second-order valence-electron chi connectivity index (χ2n) is 12.9. The fraction of sp³-hybridized carbons (Fsp3) is 0. The van der Waals surface area contributed by atoms with Crippen molar-refractivity contribution in [3.05, 3.63) is 170 Å². The van der Waals surface area contributed by atoms with Crippen molar-refractivity contribution in [1.29, 1.82) is 0 Å².